The van der Waals surface area contributed by atoms with Crippen LogP contribution in [0.4, 0.5) is 27.6 Å². The van der Waals surface area contributed by atoms with Crippen molar-refractivity contribution >= 4 is 11.6 Å². The van der Waals surface area contributed by atoms with E-state index in [2.05, 4.69) is 4.98 Å². The fourth-order valence-corrected chi connectivity index (χ4v) is 2.42. The van der Waals surface area contributed by atoms with Crippen LogP contribution in [0.3, 0.4) is 0 Å². The van der Waals surface area contributed by atoms with Crippen LogP contribution in [-0.4, -0.2) is 17.4 Å². The molecule has 0 bridgehead atoms. The highest BCUT2D eigenvalue weighted by Crippen LogP contribution is 2.45. The van der Waals surface area contributed by atoms with Crippen molar-refractivity contribution in [1.82, 2.24) is 4.98 Å². The molecule has 8 heteroatoms. The fraction of sp³-hybridized carbons (Fsp3) is 0.200. The quantitative estimate of drug-likeness (QED) is 0.745. The molecule has 1 aliphatic rings. The zero-order valence-electron chi connectivity index (χ0n) is 11.4. The first kappa shape index (κ1) is 15.4. The van der Waals surface area contributed by atoms with Crippen molar-refractivity contribution in [2.45, 2.75) is 12.1 Å². The Morgan fingerprint density at radius 2 is 1.91 bits per heavy atom. The highest BCUT2D eigenvalue weighted by molar-refractivity contribution is 6.06. The summed E-state index contributed by atoms with van der Waals surface area (Å²) in [6, 6.07) is 6.20. The third-order valence-electron chi connectivity index (χ3n) is 3.50. The molecule has 0 atom stereocenters. The van der Waals surface area contributed by atoms with E-state index in [0.29, 0.717) is 23.1 Å². The number of carbonyl (C=O) groups excluding carboxylic acids is 1. The normalized spacial score (nSPS) is 16.3. The lowest BCUT2D eigenvalue weighted by atomic mass is 10.1. The van der Waals surface area contributed by atoms with E-state index in [1.165, 1.54) is 24.4 Å². The van der Waals surface area contributed by atoms with Gasteiger partial charge < -0.3 is 4.90 Å². The molecule has 1 amide bonds. The summed E-state index contributed by atoms with van der Waals surface area (Å²) in [5.41, 5.74) is -2.25. The van der Waals surface area contributed by atoms with Crippen molar-refractivity contribution in [1.29, 1.82) is 0 Å². The minimum Gasteiger partial charge on any atom is -0.300 e. The molecule has 3 rings (SSSR count). The first-order valence-electron chi connectivity index (χ1n) is 6.52. The Hall–Kier alpha value is -2.51. The molecule has 0 fully saturated rings. The van der Waals surface area contributed by atoms with Gasteiger partial charge in [-0.15, -0.1) is 0 Å². The van der Waals surface area contributed by atoms with Crippen molar-refractivity contribution in [3.63, 3.8) is 0 Å². The summed E-state index contributed by atoms with van der Waals surface area (Å²) < 4.78 is 66.4. The second-order valence-electron chi connectivity index (χ2n) is 5.04. The molecule has 1 aromatic heterocycles. The van der Waals surface area contributed by atoms with E-state index in [0.717, 1.165) is 0 Å². The number of fused-ring (bicyclic) bond motifs is 1. The summed E-state index contributed by atoms with van der Waals surface area (Å²) in [7, 11) is 0. The minimum atomic E-state index is -4.69. The standard InChI is InChI=1S/C15H9F5N2O/c16-14(17)8-22(13(23)11-3-1-2-6-21-11)12-7-9(15(18,19)20)4-5-10(12)14/h1-7H,8H2. The van der Waals surface area contributed by atoms with Gasteiger partial charge in [-0.3, -0.25) is 9.78 Å². The zero-order chi connectivity index (χ0) is 16.8. The van der Waals surface area contributed by atoms with Crippen LogP contribution in [0.5, 0.6) is 0 Å². The van der Waals surface area contributed by atoms with Crippen LogP contribution < -0.4 is 4.90 Å². The van der Waals surface area contributed by atoms with Gasteiger partial charge in [-0.2, -0.15) is 22.0 Å². The van der Waals surface area contributed by atoms with Crippen LogP contribution in [0.1, 0.15) is 21.6 Å². The summed E-state index contributed by atoms with van der Waals surface area (Å²) in [6.45, 7) is -1.01. The van der Waals surface area contributed by atoms with Crippen molar-refractivity contribution in [2.24, 2.45) is 0 Å². The van der Waals surface area contributed by atoms with Crippen LogP contribution >= 0.6 is 0 Å². The van der Waals surface area contributed by atoms with Gasteiger partial charge >= 0.3 is 6.18 Å². The summed E-state index contributed by atoms with van der Waals surface area (Å²) in [5.74, 6) is -4.28. The fourth-order valence-electron chi connectivity index (χ4n) is 2.42. The maximum absolute atomic E-state index is 14.0. The predicted molar refractivity (Wildman–Crippen MR) is 71.3 cm³/mol. The minimum absolute atomic E-state index is 0.117. The van der Waals surface area contributed by atoms with Crippen LogP contribution in [0, 0.1) is 0 Å². The number of amides is 1. The molecule has 1 aliphatic heterocycles. The smallest absolute Gasteiger partial charge is 0.300 e. The Morgan fingerprint density at radius 1 is 1.17 bits per heavy atom. The molecule has 3 nitrogen and oxygen atoms in total. The largest absolute Gasteiger partial charge is 0.416 e. The molecule has 0 aliphatic carbocycles. The number of aromatic nitrogens is 1. The van der Waals surface area contributed by atoms with Gasteiger partial charge in [0, 0.05) is 11.8 Å². The zero-order valence-corrected chi connectivity index (χ0v) is 11.4. The van der Waals surface area contributed by atoms with Gasteiger partial charge in [0.05, 0.1) is 17.8 Å². The van der Waals surface area contributed by atoms with E-state index < -0.39 is 41.4 Å². The first-order valence-corrected chi connectivity index (χ1v) is 6.52. The molecular formula is C15H9F5N2O. The molecule has 23 heavy (non-hydrogen) atoms. The van der Waals surface area contributed by atoms with Gasteiger partial charge in [-0.05, 0) is 24.3 Å². The van der Waals surface area contributed by atoms with E-state index >= 15 is 0 Å². The topological polar surface area (TPSA) is 33.2 Å². The van der Waals surface area contributed by atoms with E-state index in [1.807, 2.05) is 0 Å². The number of nitrogens with zero attached hydrogens (tertiary/aromatic N) is 2. The van der Waals surface area contributed by atoms with E-state index in [4.69, 9.17) is 0 Å². The Bertz CT molecular complexity index is 758. The lowest BCUT2D eigenvalue weighted by molar-refractivity contribution is -0.137. The van der Waals surface area contributed by atoms with E-state index in [-0.39, 0.29) is 5.69 Å². The van der Waals surface area contributed by atoms with Gasteiger partial charge in [-0.1, -0.05) is 12.1 Å². The monoisotopic (exact) mass is 328 g/mol. The highest BCUT2D eigenvalue weighted by Gasteiger charge is 2.47. The Balaban J connectivity index is 2.08. The van der Waals surface area contributed by atoms with Crippen molar-refractivity contribution < 1.29 is 26.7 Å². The van der Waals surface area contributed by atoms with Crippen LogP contribution in [-0.2, 0) is 12.1 Å². The molecule has 0 unspecified atom stereocenters. The predicted octanol–water partition coefficient (Wildman–Crippen LogP) is 3.85. The average molecular weight is 328 g/mol. The molecular weight excluding hydrogens is 319 g/mol. The third kappa shape index (κ3) is 2.64. The summed E-state index contributed by atoms with van der Waals surface area (Å²) >= 11 is 0. The molecule has 0 saturated carbocycles. The number of halogens is 5. The number of carbonyl (C=O) groups is 1. The Labute approximate surface area is 127 Å². The van der Waals surface area contributed by atoms with Gasteiger partial charge in [0.1, 0.15) is 5.69 Å². The van der Waals surface area contributed by atoms with Crippen LogP contribution in [0.15, 0.2) is 42.6 Å². The summed E-state index contributed by atoms with van der Waals surface area (Å²) in [6.07, 6.45) is -3.39. The first-order chi connectivity index (χ1) is 10.7. The maximum Gasteiger partial charge on any atom is 0.416 e. The van der Waals surface area contributed by atoms with Gasteiger partial charge in [0.25, 0.3) is 11.8 Å². The van der Waals surface area contributed by atoms with Crippen LogP contribution in [0.2, 0.25) is 0 Å². The number of alkyl halides is 5. The van der Waals surface area contributed by atoms with Crippen LogP contribution in [0.25, 0.3) is 0 Å². The lowest BCUT2D eigenvalue weighted by Crippen LogP contribution is -2.33. The number of pyridine rings is 1. The summed E-state index contributed by atoms with van der Waals surface area (Å²) in [4.78, 5) is 16.7. The van der Waals surface area contributed by atoms with Crippen molar-refractivity contribution in [3.8, 4) is 0 Å². The number of hydrogen-bond donors (Lipinski definition) is 0. The van der Waals surface area contributed by atoms with Gasteiger partial charge in [0.15, 0.2) is 0 Å². The van der Waals surface area contributed by atoms with Gasteiger partial charge in [0.2, 0.25) is 0 Å². The highest BCUT2D eigenvalue weighted by atomic mass is 19.4. The molecule has 0 N–H and O–H groups in total. The van der Waals surface area contributed by atoms with Crippen molar-refractivity contribution in [3.05, 3.63) is 59.4 Å². The van der Waals surface area contributed by atoms with Crippen molar-refractivity contribution in [2.75, 3.05) is 11.4 Å². The molecule has 0 saturated heterocycles. The van der Waals surface area contributed by atoms with Gasteiger partial charge in [-0.25, -0.2) is 0 Å². The third-order valence-corrected chi connectivity index (χ3v) is 3.50. The van der Waals surface area contributed by atoms with E-state index in [9.17, 15) is 26.7 Å². The second-order valence-corrected chi connectivity index (χ2v) is 5.04. The SMILES string of the molecule is O=C(c1ccccn1)N1CC(F)(F)c2ccc(C(F)(F)F)cc21. The lowest BCUT2D eigenvalue weighted by Gasteiger charge is -2.17. The Kier molecular flexibility index (Phi) is 3.35. The average Bonchev–Trinajstić information content (AvgIpc) is 2.78. The second kappa shape index (κ2) is 5.00. The number of rotatable bonds is 1. The molecule has 0 radical (unpaired) electrons. The Morgan fingerprint density at radius 3 is 2.52 bits per heavy atom. The molecule has 1 aromatic carbocycles. The number of benzene rings is 1. The molecule has 0 spiro atoms. The van der Waals surface area contributed by atoms with E-state index in [1.54, 1.807) is 0 Å². The maximum atomic E-state index is 14.0. The summed E-state index contributed by atoms with van der Waals surface area (Å²) in [5, 5.41) is 0. The molecule has 2 heterocycles. The molecule has 120 valence electrons. The number of anilines is 1. The molecule has 2 aromatic rings. The number of hydrogen-bond acceptors (Lipinski definition) is 2.